The largest absolute Gasteiger partial charge is 0.619 e. The Bertz CT molecular complexity index is 1200. The van der Waals surface area contributed by atoms with Gasteiger partial charge in [0.2, 0.25) is 23.6 Å². The normalized spacial score (nSPS) is 17.1. The average Bonchev–Trinajstić information content (AvgIpc) is 3.08. The van der Waals surface area contributed by atoms with Gasteiger partial charge in [-0.1, -0.05) is 79.6 Å². The lowest BCUT2D eigenvalue weighted by Crippen LogP contribution is -2.58. The van der Waals surface area contributed by atoms with E-state index in [-0.39, 0.29) is 41.2 Å². The van der Waals surface area contributed by atoms with E-state index in [4.69, 9.17) is 0 Å². The topological polar surface area (TPSA) is 184 Å². The van der Waals surface area contributed by atoms with E-state index in [9.17, 15) is 29.2 Å². The number of amides is 5. The number of hydrogen-bond acceptors (Lipinski definition) is 7. The van der Waals surface area contributed by atoms with E-state index in [1.54, 1.807) is 6.92 Å². The van der Waals surface area contributed by atoms with E-state index >= 15 is 0 Å². The summed E-state index contributed by atoms with van der Waals surface area (Å²) in [6.07, 6.45) is 10.5. The molecule has 13 nitrogen and oxygen atoms in total. The van der Waals surface area contributed by atoms with E-state index in [1.165, 1.54) is 30.9 Å². The molecule has 2 rings (SSSR count). The number of nitrogens with zero attached hydrogens (tertiary/aromatic N) is 1. The van der Waals surface area contributed by atoms with Gasteiger partial charge in [0.05, 0.1) is 11.6 Å². The van der Waals surface area contributed by atoms with Crippen LogP contribution in [-0.4, -0.2) is 72.8 Å². The summed E-state index contributed by atoms with van der Waals surface area (Å²) in [5.41, 5.74) is 0.251. The van der Waals surface area contributed by atoms with Gasteiger partial charge in [0, 0.05) is 31.3 Å². The van der Waals surface area contributed by atoms with Gasteiger partial charge in [0.15, 0.2) is 12.4 Å². The molecule has 0 saturated heterocycles. The highest BCUT2D eigenvalue weighted by Gasteiger charge is 2.32. The summed E-state index contributed by atoms with van der Waals surface area (Å²) in [7, 11) is 0. The Morgan fingerprint density at radius 2 is 1.47 bits per heavy atom. The summed E-state index contributed by atoms with van der Waals surface area (Å²) >= 11 is 0. The van der Waals surface area contributed by atoms with Crippen molar-refractivity contribution in [3.63, 3.8) is 0 Å². The standard InChI is InChI=1S/C36H61N7O6/c1-8-14-29(40-36(48)31(24(6)9-2)42-33(45)27-17-19-43(49)20-18-27)34(46)39-28(21-26-15-12-11-13-16-26)22-38-25(7)32(44)41-30(23(4)5)35(47)37-10-3/h17-20,23-26,28-31,38H,8-16,21-22H2,1-7H3,(H,37,47)(H,39,46)(H,40,48)(H,41,44)(H,42,45)/t24-,25-,28-,29-,30-,31-/m0/s1. The van der Waals surface area contributed by atoms with Crippen LogP contribution in [0.4, 0.5) is 0 Å². The zero-order valence-electron chi connectivity index (χ0n) is 30.6. The predicted molar refractivity (Wildman–Crippen MR) is 189 cm³/mol. The van der Waals surface area contributed by atoms with Crippen LogP contribution < -0.4 is 36.6 Å². The van der Waals surface area contributed by atoms with Gasteiger partial charge in [-0.25, -0.2) is 0 Å². The first-order chi connectivity index (χ1) is 23.3. The van der Waals surface area contributed by atoms with Gasteiger partial charge in [-0.15, -0.1) is 0 Å². The van der Waals surface area contributed by atoms with Crippen molar-refractivity contribution < 1.29 is 28.7 Å². The van der Waals surface area contributed by atoms with E-state index in [2.05, 4.69) is 31.9 Å². The van der Waals surface area contributed by atoms with Crippen LogP contribution in [0.1, 0.15) is 117 Å². The first kappa shape index (κ1) is 41.4. The Balaban J connectivity index is 2.15. The van der Waals surface area contributed by atoms with Crippen molar-refractivity contribution in [1.29, 1.82) is 0 Å². The quantitative estimate of drug-likeness (QED) is 0.0899. The first-order valence-corrected chi connectivity index (χ1v) is 18.2. The first-order valence-electron chi connectivity index (χ1n) is 18.2. The summed E-state index contributed by atoms with van der Waals surface area (Å²) in [5, 5.41) is 29.2. The molecule has 1 saturated carbocycles. The lowest BCUT2D eigenvalue weighted by Gasteiger charge is -2.31. The number of carbonyl (C=O) groups excluding carboxylic acids is 5. The predicted octanol–water partition coefficient (Wildman–Crippen LogP) is 2.46. The van der Waals surface area contributed by atoms with Gasteiger partial charge in [-0.05, 0) is 44.4 Å². The third kappa shape index (κ3) is 14.0. The van der Waals surface area contributed by atoms with Gasteiger partial charge in [-0.3, -0.25) is 24.0 Å². The van der Waals surface area contributed by atoms with Crippen LogP contribution in [0.2, 0.25) is 0 Å². The maximum atomic E-state index is 13.8. The Kier molecular flexibility index (Phi) is 18.1. The molecule has 6 N–H and O–H groups in total. The molecule has 1 aliphatic carbocycles. The van der Waals surface area contributed by atoms with Crippen molar-refractivity contribution in [3.05, 3.63) is 35.3 Å². The van der Waals surface area contributed by atoms with Crippen LogP contribution in [0, 0.1) is 23.0 Å². The maximum absolute atomic E-state index is 13.8. The minimum atomic E-state index is -0.891. The zero-order valence-corrected chi connectivity index (χ0v) is 30.6. The van der Waals surface area contributed by atoms with Crippen LogP contribution in [-0.2, 0) is 19.2 Å². The van der Waals surface area contributed by atoms with Gasteiger partial charge < -0.3 is 37.1 Å². The summed E-state index contributed by atoms with van der Waals surface area (Å²) in [6.45, 7) is 13.9. The fourth-order valence-electron chi connectivity index (χ4n) is 6.14. The highest BCUT2D eigenvalue weighted by atomic mass is 16.5. The number of hydrogen-bond donors (Lipinski definition) is 6. The summed E-state index contributed by atoms with van der Waals surface area (Å²) in [6, 6.07) is -0.507. The van der Waals surface area contributed by atoms with E-state index in [1.807, 2.05) is 41.5 Å². The summed E-state index contributed by atoms with van der Waals surface area (Å²) < 4.78 is 0.576. The average molecular weight is 688 g/mol. The molecule has 276 valence electrons. The van der Waals surface area contributed by atoms with Crippen molar-refractivity contribution >= 4 is 29.5 Å². The molecule has 1 aromatic heterocycles. The van der Waals surface area contributed by atoms with Crippen LogP contribution in [0.15, 0.2) is 24.5 Å². The number of rotatable bonds is 20. The number of pyridine rings is 1. The molecule has 0 unspecified atom stereocenters. The molecular weight excluding hydrogens is 626 g/mol. The second-order valence-electron chi connectivity index (χ2n) is 13.8. The Hall–Kier alpha value is -3.74. The number of nitrogens with one attached hydrogen (secondary N) is 6. The summed E-state index contributed by atoms with van der Waals surface area (Å²) in [4.78, 5) is 66.0. The minimum Gasteiger partial charge on any atom is -0.619 e. The smallest absolute Gasteiger partial charge is 0.252 e. The SMILES string of the molecule is CCC[C@H](NC(=O)[C@@H](NC(=O)c1cc[n+]([O-])cc1)[C@@H](C)CC)C(=O)N[C@H](CN[C@@H](C)C(=O)N[C@H](C(=O)NCC)C(C)C)CC1CCCCC1. The lowest BCUT2D eigenvalue weighted by atomic mass is 9.84. The van der Waals surface area contributed by atoms with Crippen LogP contribution in [0.5, 0.6) is 0 Å². The molecule has 1 aliphatic rings. The molecule has 5 amide bonds. The van der Waals surface area contributed by atoms with Crippen LogP contribution in [0.3, 0.4) is 0 Å². The Labute approximate surface area is 292 Å². The molecular formula is C36H61N7O6. The molecule has 0 spiro atoms. The van der Waals surface area contributed by atoms with Crippen molar-refractivity contribution in [2.24, 2.45) is 17.8 Å². The van der Waals surface area contributed by atoms with Crippen molar-refractivity contribution in [2.45, 2.75) is 136 Å². The number of carbonyl (C=O) groups is 5. The van der Waals surface area contributed by atoms with E-state index in [0.29, 0.717) is 43.0 Å². The molecule has 0 aliphatic heterocycles. The lowest BCUT2D eigenvalue weighted by molar-refractivity contribution is -0.605. The van der Waals surface area contributed by atoms with Gasteiger partial charge in [0.25, 0.3) is 5.91 Å². The highest BCUT2D eigenvalue weighted by Crippen LogP contribution is 2.27. The minimum absolute atomic E-state index is 0.0931. The molecule has 0 bridgehead atoms. The van der Waals surface area contributed by atoms with Gasteiger partial charge >= 0.3 is 0 Å². The van der Waals surface area contributed by atoms with Crippen LogP contribution in [0.25, 0.3) is 0 Å². The van der Waals surface area contributed by atoms with Gasteiger partial charge in [-0.2, -0.15) is 4.73 Å². The van der Waals surface area contributed by atoms with Crippen molar-refractivity contribution in [3.8, 4) is 0 Å². The molecule has 1 heterocycles. The fraction of sp³-hybridized carbons (Fsp3) is 0.722. The highest BCUT2D eigenvalue weighted by molar-refractivity contribution is 5.98. The van der Waals surface area contributed by atoms with Gasteiger partial charge in [0.1, 0.15) is 18.1 Å². The molecule has 0 aromatic carbocycles. The van der Waals surface area contributed by atoms with Crippen molar-refractivity contribution in [1.82, 2.24) is 31.9 Å². The second-order valence-corrected chi connectivity index (χ2v) is 13.8. The molecule has 0 radical (unpaired) electrons. The molecule has 49 heavy (non-hydrogen) atoms. The summed E-state index contributed by atoms with van der Waals surface area (Å²) in [5.74, 6) is -1.66. The van der Waals surface area contributed by atoms with E-state index in [0.717, 1.165) is 32.1 Å². The fourth-order valence-corrected chi connectivity index (χ4v) is 6.14. The third-order valence-electron chi connectivity index (χ3n) is 9.41. The Morgan fingerprint density at radius 3 is 2.04 bits per heavy atom. The third-order valence-corrected chi connectivity index (χ3v) is 9.41. The molecule has 6 atom stereocenters. The Morgan fingerprint density at radius 1 is 0.816 bits per heavy atom. The van der Waals surface area contributed by atoms with Crippen molar-refractivity contribution in [2.75, 3.05) is 13.1 Å². The molecule has 1 fully saturated rings. The zero-order chi connectivity index (χ0) is 36.5. The maximum Gasteiger partial charge on any atom is 0.252 e. The second kappa shape index (κ2) is 21.4. The van der Waals surface area contributed by atoms with E-state index < -0.39 is 36.0 Å². The van der Waals surface area contributed by atoms with Crippen LogP contribution >= 0.6 is 0 Å². The monoisotopic (exact) mass is 687 g/mol. The molecule has 13 heteroatoms. The molecule has 1 aromatic rings. The number of aromatic nitrogens is 1. The number of likely N-dealkylation sites (N-methyl/N-ethyl adjacent to an activating group) is 1.